The zero-order chi connectivity index (χ0) is 12.1. The minimum Gasteiger partial charge on any atom is -0.303 e. The second kappa shape index (κ2) is 5.21. The molecule has 0 aliphatic heterocycles. The lowest BCUT2D eigenvalue weighted by atomic mass is 9.98. The summed E-state index contributed by atoms with van der Waals surface area (Å²) in [4.78, 5) is 21.4. The molecule has 0 aromatic heterocycles. The number of benzene rings is 2. The van der Waals surface area contributed by atoms with E-state index in [1.54, 1.807) is 6.07 Å². The average Bonchev–Trinajstić information content (AvgIpc) is 2.40. The number of carbonyl (C=O) groups is 2. The molecule has 0 spiro atoms. The van der Waals surface area contributed by atoms with E-state index in [2.05, 4.69) is 0 Å². The van der Waals surface area contributed by atoms with Crippen LogP contribution >= 0.6 is 0 Å². The van der Waals surface area contributed by atoms with Crippen molar-refractivity contribution in [3.05, 3.63) is 59.7 Å². The van der Waals surface area contributed by atoms with Crippen LogP contribution in [0.25, 0.3) is 11.1 Å². The Labute approximate surface area is 99.9 Å². The molecule has 0 aliphatic rings. The van der Waals surface area contributed by atoms with Gasteiger partial charge in [0, 0.05) is 12.0 Å². The maximum Gasteiger partial charge on any atom is 0.150 e. The normalized spacial score (nSPS) is 9.88. The predicted molar refractivity (Wildman–Crippen MR) is 67.0 cm³/mol. The highest BCUT2D eigenvalue weighted by Crippen LogP contribution is 2.21. The molecule has 2 nitrogen and oxygen atoms in total. The summed E-state index contributed by atoms with van der Waals surface area (Å²) in [5, 5.41) is 0. The fourth-order valence-corrected chi connectivity index (χ4v) is 1.80. The Morgan fingerprint density at radius 3 is 2.29 bits per heavy atom. The van der Waals surface area contributed by atoms with E-state index in [1.807, 2.05) is 42.5 Å². The molecule has 0 amide bonds. The van der Waals surface area contributed by atoms with E-state index in [0.717, 1.165) is 29.3 Å². The molecule has 0 heterocycles. The van der Waals surface area contributed by atoms with Crippen LogP contribution in [0, 0.1) is 0 Å². The van der Waals surface area contributed by atoms with E-state index in [-0.39, 0.29) is 6.42 Å². The van der Waals surface area contributed by atoms with E-state index < -0.39 is 0 Å². The first-order valence-electron chi connectivity index (χ1n) is 5.42. The zero-order valence-corrected chi connectivity index (χ0v) is 9.30. The molecule has 0 N–H and O–H groups in total. The summed E-state index contributed by atoms with van der Waals surface area (Å²) in [6, 6.07) is 15.4. The largest absolute Gasteiger partial charge is 0.303 e. The van der Waals surface area contributed by atoms with Gasteiger partial charge in [0.25, 0.3) is 0 Å². The van der Waals surface area contributed by atoms with Gasteiger partial charge in [0.15, 0.2) is 0 Å². The lowest BCUT2D eigenvalue weighted by molar-refractivity contribution is -0.107. The van der Waals surface area contributed by atoms with Crippen molar-refractivity contribution in [2.45, 2.75) is 6.42 Å². The molecule has 2 heteroatoms. The van der Waals surface area contributed by atoms with Gasteiger partial charge in [-0.15, -0.1) is 0 Å². The topological polar surface area (TPSA) is 34.1 Å². The van der Waals surface area contributed by atoms with Crippen molar-refractivity contribution in [2.24, 2.45) is 0 Å². The summed E-state index contributed by atoms with van der Waals surface area (Å²) >= 11 is 0. The Hall–Kier alpha value is -2.22. The summed E-state index contributed by atoms with van der Waals surface area (Å²) in [5.74, 6) is 0. The van der Waals surface area contributed by atoms with Crippen LogP contribution in [0.15, 0.2) is 48.5 Å². The van der Waals surface area contributed by atoms with Gasteiger partial charge in [-0.3, -0.25) is 4.79 Å². The second-order valence-electron chi connectivity index (χ2n) is 3.77. The van der Waals surface area contributed by atoms with Gasteiger partial charge in [-0.1, -0.05) is 48.5 Å². The molecule has 0 atom stereocenters. The van der Waals surface area contributed by atoms with Crippen LogP contribution in [-0.4, -0.2) is 12.6 Å². The number of aldehydes is 2. The third kappa shape index (κ3) is 2.48. The summed E-state index contributed by atoms with van der Waals surface area (Å²) in [7, 11) is 0. The standard InChI is InChI=1S/C15H12O2/c16-9-8-14-10-13(6-7-15(14)11-17)12-4-2-1-3-5-12/h1-7,9-11H,8H2. The van der Waals surface area contributed by atoms with Crippen LogP contribution in [0.2, 0.25) is 0 Å². The fourth-order valence-electron chi connectivity index (χ4n) is 1.80. The van der Waals surface area contributed by atoms with Crippen molar-refractivity contribution in [1.29, 1.82) is 0 Å². The molecule has 2 aromatic carbocycles. The fraction of sp³-hybridized carbons (Fsp3) is 0.0667. The number of rotatable bonds is 4. The monoisotopic (exact) mass is 224 g/mol. The van der Waals surface area contributed by atoms with Crippen molar-refractivity contribution in [2.75, 3.05) is 0 Å². The summed E-state index contributed by atoms with van der Waals surface area (Å²) in [6.45, 7) is 0. The Kier molecular flexibility index (Phi) is 3.46. The maximum atomic E-state index is 10.8. The van der Waals surface area contributed by atoms with Gasteiger partial charge >= 0.3 is 0 Å². The third-order valence-electron chi connectivity index (χ3n) is 2.68. The molecule has 0 saturated heterocycles. The van der Waals surface area contributed by atoms with E-state index in [0.29, 0.717) is 5.56 Å². The molecular formula is C15H12O2. The summed E-state index contributed by atoms with van der Waals surface area (Å²) in [6.07, 6.45) is 1.87. The Morgan fingerprint density at radius 2 is 1.65 bits per heavy atom. The molecule has 0 aliphatic carbocycles. The first-order chi connectivity index (χ1) is 8.35. The quantitative estimate of drug-likeness (QED) is 0.748. The molecular weight excluding hydrogens is 212 g/mol. The molecule has 0 fully saturated rings. The molecule has 0 bridgehead atoms. The van der Waals surface area contributed by atoms with Gasteiger partial charge in [-0.25, -0.2) is 0 Å². The number of hydrogen-bond donors (Lipinski definition) is 0. The molecule has 17 heavy (non-hydrogen) atoms. The van der Waals surface area contributed by atoms with Gasteiger partial charge in [-0.2, -0.15) is 0 Å². The van der Waals surface area contributed by atoms with Gasteiger partial charge in [0.2, 0.25) is 0 Å². The lowest BCUT2D eigenvalue weighted by Gasteiger charge is -2.06. The van der Waals surface area contributed by atoms with E-state index in [1.165, 1.54) is 0 Å². The second-order valence-corrected chi connectivity index (χ2v) is 3.77. The Balaban J connectivity index is 2.47. The van der Waals surface area contributed by atoms with Crippen molar-refractivity contribution in [1.82, 2.24) is 0 Å². The predicted octanol–water partition coefficient (Wildman–Crippen LogP) is 2.91. The zero-order valence-electron chi connectivity index (χ0n) is 9.30. The van der Waals surface area contributed by atoms with Crippen LogP contribution in [0.3, 0.4) is 0 Å². The van der Waals surface area contributed by atoms with E-state index >= 15 is 0 Å². The van der Waals surface area contributed by atoms with Crippen molar-refractivity contribution < 1.29 is 9.59 Å². The minimum atomic E-state index is 0.273. The van der Waals surface area contributed by atoms with E-state index in [9.17, 15) is 9.59 Å². The smallest absolute Gasteiger partial charge is 0.150 e. The molecule has 2 aromatic rings. The highest BCUT2D eigenvalue weighted by Gasteiger charge is 2.04. The van der Waals surface area contributed by atoms with Gasteiger partial charge in [0.05, 0.1) is 0 Å². The molecule has 0 radical (unpaired) electrons. The summed E-state index contributed by atoms with van der Waals surface area (Å²) < 4.78 is 0. The van der Waals surface area contributed by atoms with Crippen molar-refractivity contribution in [3.8, 4) is 11.1 Å². The van der Waals surface area contributed by atoms with Crippen molar-refractivity contribution >= 4 is 12.6 Å². The van der Waals surface area contributed by atoms with Crippen molar-refractivity contribution in [3.63, 3.8) is 0 Å². The highest BCUT2D eigenvalue weighted by atomic mass is 16.1. The molecule has 84 valence electrons. The first kappa shape index (κ1) is 11.3. The van der Waals surface area contributed by atoms with Gasteiger partial charge in [-0.05, 0) is 16.7 Å². The average molecular weight is 224 g/mol. The Morgan fingerprint density at radius 1 is 0.882 bits per heavy atom. The van der Waals surface area contributed by atoms with Gasteiger partial charge in [0.1, 0.15) is 12.6 Å². The third-order valence-corrected chi connectivity index (χ3v) is 2.68. The molecule has 0 saturated carbocycles. The highest BCUT2D eigenvalue weighted by molar-refractivity contribution is 5.81. The maximum absolute atomic E-state index is 10.8. The number of hydrogen-bond acceptors (Lipinski definition) is 2. The summed E-state index contributed by atoms with van der Waals surface area (Å²) in [5.41, 5.74) is 3.46. The molecule has 2 rings (SSSR count). The van der Waals surface area contributed by atoms with Gasteiger partial charge < -0.3 is 4.79 Å². The lowest BCUT2D eigenvalue weighted by Crippen LogP contribution is -1.94. The number of carbonyl (C=O) groups excluding carboxylic acids is 2. The van der Waals surface area contributed by atoms with Crippen LogP contribution in [-0.2, 0) is 11.2 Å². The van der Waals surface area contributed by atoms with Crippen LogP contribution < -0.4 is 0 Å². The van der Waals surface area contributed by atoms with Crippen LogP contribution in [0.5, 0.6) is 0 Å². The van der Waals surface area contributed by atoms with E-state index in [4.69, 9.17) is 0 Å². The first-order valence-corrected chi connectivity index (χ1v) is 5.42. The van der Waals surface area contributed by atoms with Crippen LogP contribution in [0.4, 0.5) is 0 Å². The molecule has 0 unspecified atom stereocenters. The van der Waals surface area contributed by atoms with Crippen LogP contribution in [0.1, 0.15) is 15.9 Å². The minimum absolute atomic E-state index is 0.273. The SMILES string of the molecule is O=CCc1cc(-c2ccccc2)ccc1C=O. The Bertz CT molecular complexity index is 530.